The second-order valence-corrected chi connectivity index (χ2v) is 7.75. The molecule has 31 heavy (non-hydrogen) atoms. The summed E-state index contributed by atoms with van der Waals surface area (Å²) in [4.78, 5) is 29.7. The van der Waals surface area contributed by atoms with E-state index in [1.54, 1.807) is 37.3 Å². The number of fused-ring (bicyclic) bond motifs is 1. The molecule has 0 aliphatic heterocycles. The van der Waals surface area contributed by atoms with Crippen LogP contribution in [-0.4, -0.2) is 23.5 Å². The van der Waals surface area contributed by atoms with E-state index in [0.717, 1.165) is 20.9 Å². The lowest BCUT2D eigenvalue weighted by molar-refractivity contribution is 0.0526. The van der Waals surface area contributed by atoms with Gasteiger partial charge in [-0.15, -0.1) is 0 Å². The summed E-state index contributed by atoms with van der Waals surface area (Å²) < 4.78 is 5.97. The van der Waals surface area contributed by atoms with Crippen molar-refractivity contribution in [3.8, 4) is 11.3 Å². The molecule has 5 nitrogen and oxygen atoms in total. The van der Waals surface area contributed by atoms with E-state index in [0.29, 0.717) is 29.1 Å². The highest BCUT2D eigenvalue weighted by atomic mass is 79.9. The van der Waals surface area contributed by atoms with E-state index in [-0.39, 0.29) is 11.9 Å². The van der Waals surface area contributed by atoms with Crippen molar-refractivity contribution in [1.82, 2.24) is 4.98 Å². The van der Waals surface area contributed by atoms with Crippen LogP contribution in [0.1, 0.15) is 27.6 Å². The molecule has 0 atom stereocenters. The molecule has 6 heteroatoms. The van der Waals surface area contributed by atoms with Crippen molar-refractivity contribution >= 4 is 44.4 Å². The summed E-state index contributed by atoms with van der Waals surface area (Å²) in [7, 11) is 0. The number of rotatable bonds is 5. The fourth-order valence-electron chi connectivity index (χ4n) is 3.23. The van der Waals surface area contributed by atoms with Gasteiger partial charge >= 0.3 is 5.97 Å². The molecular weight excluding hydrogens is 456 g/mol. The maximum absolute atomic E-state index is 13.1. The zero-order valence-corrected chi connectivity index (χ0v) is 18.3. The standard InChI is InChI=1S/C25H19BrN2O3/c1-2-31-25(30)17-9-13-19(14-10-17)27-24(29)21-15-23(16-7-11-18(26)12-8-16)28-22-6-4-3-5-20(21)22/h3-15H,2H2,1H3,(H,27,29). The molecule has 3 aromatic carbocycles. The summed E-state index contributed by atoms with van der Waals surface area (Å²) >= 11 is 3.44. The van der Waals surface area contributed by atoms with Crippen LogP contribution in [0.4, 0.5) is 5.69 Å². The van der Waals surface area contributed by atoms with Crippen molar-refractivity contribution in [2.45, 2.75) is 6.92 Å². The molecule has 0 saturated heterocycles. The number of carbonyl (C=O) groups excluding carboxylic acids is 2. The van der Waals surface area contributed by atoms with Gasteiger partial charge in [0.25, 0.3) is 5.91 Å². The molecule has 0 radical (unpaired) electrons. The van der Waals surface area contributed by atoms with Crippen molar-refractivity contribution in [1.29, 1.82) is 0 Å². The Kier molecular flexibility index (Phi) is 6.09. The highest BCUT2D eigenvalue weighted by Crippen LogP contribution is 2.26. The van der Waals surface area contributed by atoms with Crippen molar-refractivity contribution in [3.05, 3.63) is 94.5 Å². The van der Waals surface area contributed by atoms with E-state index in [1.165, 1.54) is 0 Å². The lowest BCUT2D eigenvalue weighted by atomic mass is 10.0. The Balaban J connectivity index is 1.67. The monoisotopic (exact) mass is 474 g/mol. The Morgan fingerprint density at radius 2 is 1.68 bits per heavy atom. The molecule has 4 aromatic rings. The third-order valence-electron chi connectivity index (χ3n) is 4.75. The summed E-state index contributed by atoms with van der Waals surface area (Å²) in [6.45, 7) is 2.07. The van der Waals surface area contributed by atoms with E-state index < -0.39 is 0 Å². The summed E-state index contributed by atoms with van der Waals surface area (Å²) in [5.41, 5.74) is 3.93. The van der Waals surface area contributed by atoms with E-state index in [2.05, 4.69) is 21.2 Å². The number of amides is 1. The number of nitrogens with zero attached hydrogens (tertiary/aromatic N) is 1. The average molecular weight is 475 g/mol. The highest BCUT2D eigenvalue weighted by molar-refractivity contribution is 9.10. The van der Waals surface area contributed by atoms with Crippen LogP contribution in [0.5, 0.6) is 0 Å². The van der Waals surface area contributed by atoms with Crippen LogP contribution in [-0.2, 0) is 4.74 Å². The molecule has 0 unspecified atom stereocenters. The first kappa shape index (κ1) is 20.8. The zero-order valence-electron chi connectivity index (χ0n) is 16.8. The van der Waals surface area contributed by atoms with Crippen LogP contribution < -0.4 is 5.32 Å². The van der Waals surface area contributed by atoms with Crippen LogP contribution in [0, 0.1) is 0 Å². The van der Waals surface area contributed by atoms with Crippen LogP contribution >= 0.6 is 15.9 Å². The largest absolute Gasteiger partial charge is 0.462 e. The number of benzene rings is 3. The van der Waals surface area contributed by atoms with Gasteiger partial charge in [0, 0.05) is 21.1 Å². The number of hydrogen-bond donors (Lipinski definition) is 1. The first-order valence-electron chi connectivity index (χ1n) is 9.79. The van der Waals surface area contributed by atoms with E-state index in [1.807, 2.05) is 48.5 Å². The first-order chi connectivity index (χ1) is 15.0. The number of aromatic nitrogens is 1. The summed E-state index contributed by atoms with van der Waals surface area (Å²) in [6.07, 6.45) is 0. The van der Waals surface area contributed by atoms with Gasteiger partial charge in [0.2, 0.25) is 0 Å². The number of halogens is 1. The van der Waals surface area contributed by atoms with Crippen LogP contribution in [0.2, 0.25) is 0 Å². The SMILES string of the molecule is CCOC(=O)c1ccc(NC(=O)c2cc(-c3ccc(Br)cc3)nc3ccccc23)cc1. The van der Waals surface area contributed by atoms with Crippen molar-refractivity contribution in [2.75, 3.05) is 11.9 Å². The number of para-hydroxylation sites is 1. The summed E-state index contributed by atoms with van der Waals surface area (Å²) in [5, 5.41) is 3.68. The van der Waals surface area contributed by atoms with Crippen LogP contribution in [0.3, 0.4) is 0 Å². The normalized spacial score (nSPS) is 10.6. The lowest BCUT2D eigenvalue weighted by Crippen LogP contribution is -2.13. The predicted molar refractivity (Wildman–Crippen MR) is 125 cm³/mol. The van der Waals surface area contributed by atoms with Crippen molar-refractivity contribution < 1.29 is 14.3 Å². The Labute approximate surface area is 188 Å². The van der Waals surface area contributed by atoms with E-state index in [4.69, 9.17) is 9.72 Å². The number of nitrogens with one attached hydrogen (secondary N) is 1. The van der Waals surface area contributed by atoms with Gasteiger partial charge in [-0.2, -0.15) is 0 Å². The number of esters is 1. The summed E-state index contributed by atoms with van der Waals surface area (Å²) in [5.74, 6) is -0.638. The highest BCUT2D eigenvalue weighted by Gasteiger charge is 2.15. The first-order valence-corrected chi connectivity index (χ1v) is 10.6. The van der Waals surface area contributed by atoms with Gasteiger partial charge in [-0.25, -0.2) is 9.78 Å². The Morgan fingerprint density at radius 1 is 0.968 bits per heavy atom. The van der Waals surface area contributed by atoms with Crippen LogP contribution in [0.25, 0.3) is 22.2 Å². The van der Waals surface area contributed by atoms with Crippen LogP contribution in [0.15, 0.2) is 83.3 Å². The van der Waals surface area contributed by atoms with Gasteiger partial charge in [-0.05, 0) is 55.5 Å². The predicted octanol–water partition coefficient (Wildman–Crippen LogP) is 6.09. The van der Waals surface area contributed by atoms with Crippen molar-refractivity contribution in [3.63, 3.8) is 0 Å². The van der Waals surface area contributed by atoms with E-state index in [9.17, 15) is 9.59 Å². The molecule has 0 aliphatic rings. The fourth-order valence-corrected chi connectivity index (χ4v) is 3.50. The minimum absolute atomic E-state index is 0.249. The number of anilines is 1. The van der Waals surface area contributed by atoms with Gasteiger partial charge in [-0.1, -0.05) is 46.3 Å². The van der Waals surface area contributed by atoms with Gasteiger partial charge in [0.05, 0.1) is 28.9 Å². The smallest absolute Gasteiger partial charge is 0.338 e. The van der Waals surface area contributed by atoms with Gasteiger partial charge in [-0.3, -0.25) is 4.79 Å². The molecule has 0 fully saturated rings. The molecule has 0 bridgehead atoms. The number of hydrogen-bond acceptors (Lipinski definition) is 4. The van der Waals surface area contributed by atoms with Gasteiger partial charge in [0.1, 0.15) is 0 Å². The Hall–Kier alpha value is -3.51. The minimum atomic E-state index is -0.389. The molecule has 154 valence electrons. The maximum Gasteiger partial charge on any atom is 0.338 e. The second kappa shape index (κ2) is 9.10. The third kappa shape index (κ3) is 4.64. The second-order valence-electron chi connectivity index (χ2n) is 6.83. The molecule has 1 N–H and O–H groups in total. The van der Waals surface area contributed by atoms with Gasteiger partial charge in [0.15, 0.2) is 0 Å². The summed E-state index contributed by atoms with van der Waals surface area (Å²) in [6, 6.07) is 23.8. The fraction of sp³-hybridized carbons (Fsp3) is 0.0800. The molecule has 1 amide bonds. The minimum Gasteiger partial charge on any atom is -0.462 e. The third-order valence-corrected chi connectivity index (χ3v) is 5.28. The average Bonchev–Trinajstić information content (AvgIpc) is 2.79. The molecule has 0 spiro atoms. The van der Waals surface area contributed by atoms with E-state index >= 15 is 0 Å². The molecular formula is C25H19BrN2O3. The number of ether oxygens (including phenoxy) is 1. The quantitative estimate of drug-likeness (QED) is 0.355. The Bertz CT molecular complexity index is 1250. The zero-order chi connectivity index (χ0) is 21.8. The molecule has 4 rings (SSSR count). The lowest BCUT2D eigenvalue weighted by Gasteiger charge is -2.11. The van der Waals surface area contributed by atoms with Crippen molar-refractivity contribution in [2.24, 2.45) is 0 Å². The topological polar surface area (TPSA) is 68.3 Å². The molecule has 0 saturated carbocycles. The van der Waals surface area contributed by atoms with Gasteiger partial charge < -0.3 is 10.1 Å². The molecule has 1 aromatic heterocycles. The molecule has 0 aliphatic carbocycles. The molecule has 1 heterocycles. The Morgan fingerprint density at radius 3 is 2.39 bits per heavy atom. The number of pyridine rings is 1. The number of carbonyl (C=O) groups is 2. The maximum atomic E-state index is 13.1.